The lowest BCUT2D eigenvalue weighted by atomic mass is 10.2. The molecule has 32 heavy (non-hydrogen) atoms. The molecule has 0 spiro atoms. The Morgan fingerprint density at radius 1 is 1.06 bits per heavy atom. The molecular formula is C22H27N7O3. The highest BCUT2D eigenvalue weighted by atomic mass is 16.2. The van der Waals surface area contributed by atoms with Gasteiger partial charge in [0.25, 0.3) is 5.56 Å². The van der Waals surface area contributed by atoms with Gasteiger partial charge >= 0.3 is 5.69 Å². The SMILES string of the molecule is Cc1nc2ccccc2n1CCCNC(=O)CCCn1cnc2c1c(=O)n(C)c(=O)n2C. The number of hydrogen-bond donors (Lipinski definition) is 1. The van der Waals surface area contributed by atoms with E-state index in [1.54, 1.807) is 17.9 Å². The van der Waals surface area contributed by atoms with Crippen LogP contribution in [0.25, 0.3) is 22.2 Å². The van der Waals surface area contributed by atoms with Gasteiger partial charge in [-0.1, -0.05) is 12.1 Å². The topological polar surface area (TPSA) is 109 Å². The zero-order chi connectivity index (χ0) is 22.8. The first-order valence-electron chi connectivity index (χ1n) is 10.7. The van der Waals surface area contributed by atoms with Crippen LogP contribution in [0.15, 0.2) is 40.2 Å². The molecule has 0 unspecified atom stereocenters. The van der Waals surface area contributed by atoms with Crippen LogP contribution in [0.4, 0.5) is 0 Å². The number of hydrogen-bond acceptors (Lipinski definition) is 5. The first-order valence-corrected chi connectivity index (χ1v) is 10.7. The maximum absolute atomic E-state index is 12.5. The van der Waals surface area contributed by atoms with Gasteiger partial charge in [-0.3, -0.25) is 18.7 Å². The summed E-state index contributed by atoms with van der Waals surface area (Å²) < 4.78 is 6.29. The fourth-order valence-corrected chi connectivity index (χ4v) is 4.01. The largest absolute Gasteiger partial charge is 0.356 e. The normalized spacial score (nSPS) is 11.5. The third-order valence-corrected chi connectivity index (χ3v) is 5.75. The highest BCUT2D eigenvalue weighted by molar-refractivity contribution is 5.76. The number of amides is 1. The van der Waals surface area contributed by atoms with Crippen LogP contribution in [0.3, 0.4) is 0 Å². The fraction of sp³-hybridized carbons (Fsp3) is 0.409. The number of aromatic nitrogens is 6. The summed E-state index contributed by atoms with van der Waals surface area (Å²) in [6, 6.07) is 8.03. The minimum atomic E-state index is -0.411. The number of nitrogens with zero attached hydrogens (tertiary/aromatic N) is 6. The molecule has 168 valence electrons. The van der Waals surface area contributed by atoms with E-state index in [1.807, 2.05) is 25.1 Å². The number of benzene rings is 1. The van der Waals surface area contributed by atoms with Gasteiger partial charge in [0.05, 0.1) is 17.4 Å². The number of aryl methyl sites for hydroxylation is 4. The Hall–Kier alpha value is -3.69. The first kappa shape index (κ1) is 21.5. The molecule has 0 saturated carbocycles. The lowest BCUT2D eigenvalue weighted by molar-refractivity contribution is -0.121. The van der Waals surface area contributed by atoms with E-state index in [4.69, 9.17) is 0 Å². The monoisotopic (exact) mass is 437 g/mol. The Balaban J connectivity index is 1.28. The van der Waals surface area contributed by atoms with Crippen LogP contribution in [0.1, 0.15) is 25.1 Å². The zero-order valence-electron chi connectivity index (χ0n) is 18.5. The Kier molecular flexibility index (Phi) is 5.93. The molecule has 4 rings (SSSR count). The van der Waals surface area contributed by atoms with Crippen LogP contribution < -0.4 is 16.6 Å². The Labute approximate surface area is 184 Å². The van der Waals surface area contributed by atoms with E-state index in [0.29, 0.717) is 37.1 Å². The molecule has 10 nitrogen and oxygen atoms in total. The van der Waals surface area contributed by atoms with Gasteiger partial charge in [-0.15, -0.1) is 0 Å². The molecule has 0 bridgehead atoms. The number of rotatable bonds is 8. The van der Waals surface area contributed by atoms with Crippen molar-refractivity contribution >= 4 is 28.1 Å². The van der Waals surface area contributed by atoms with E-state index in [-0.39, 0.29) is 11.5 Å². The minimum absolute atomic E-state index is 0.0260. The van der Waals surface area contributed by atoms with Crippen LogP contribution in [0, 0.1) is 6.92 Å². The van der Waals surface area contributed by atoms with Gasteiger partial charge in [0.15, 0.2) is 11.2 Å². The van der Waals surface area contributed by atoms with Gasteiger partial charge in [0, 0.05) is 40.2 Å². The van der Waals surface area contributed by atoms with Crippen molar-refractivity contribution in [1.82, 2.24) is 33.6 Å². The van der Waals surface area contributed by atoms with E-state index in [0.717, 1.165) is 34.4 Å². The number of fused-ring (bicyclic) bond motifs is 2. The number of carbonyl (C=O) groups excluding carboxylic acids is 1. The predicted octanol–water partition coefficient (Wildman–Crippen LogP) is 1.08. The predicted molar refractivity (Wildman–Crippen MR) is 122 cm³/mol. The molecule has 1 N–H and O–H groups in total. The summed E-state index contributed by atoms with van der Waals surface area (Å²) in [4.78, 5) is 45.5. The number of carbonyl (C=O) groups is 1. The summed E-state index contributed by atoms with van der Waals surface area (Å²) in [6.45, 7) is 3.83. The van der Waals surface area contributed by atoms with Crippen molar-refractivity contribution in [2.24, 2.45) is 14.1 Å². The molecule has 0 saturated heterocycles. The van der Waals surface area contributed by atoms with Crippen molar-refractivity contribution in [3.8, 4) is 0 Å². The maximum Gasteiger partial charge on any atom is 0.332 e. The Morgan fingerprint density at radius 3 is 2.66 bits per heavy atom. The van der Waals surface area contributed by atoms with Gasteiger partial charge in [-0.25, -0.2) is 14.8 Å². The highest BCUT2D eigenvalue weighted by Gasteiger charge is 2.14. The fourth-order valence-electron chi connectivity index (χ4n) is 4.01. The molecule has 0 atom stereocenters. The average Bonchev–Trinajstić information content (AvgIpc) is 3.34. The van der Waals surface area contributed by atoms with E-state index < -0.39 is 5.69 Å². The molecule has 0 aliphatic heterocycles. The molecule has 3 heterocycles. The van der Waals surface area contributed by atoms with Crippen LogP contribution in [-0.4, -0.2) is 40.7 Å². The van der Waals surface area contributed by atoms with Crippen LogP contribution in [-0.2, 0) is 32.0 Å². The molecule has 1 aromatic carbocycles. The number of para-hydroxylation sites is 2. The summed E-state index contributed by atoms with van der Waals surface area (Å²) in [5, 5.41) is 2.96. The third kappa shape index (κ3) is 3.95. The van der Waals surface area contributed by atoms with E-state index in [1.165, 1.54) is 11.6 Å². The summed E-state index contributed by atoms with van der Waals surface area (Å²) in [7, 11) is 3.03. The molecular weight excluding hydrogens is 410 g/mol. The van der Waals surface area contributed by atoms with E-state index >= 15 is 0 Å². The summed E-state index contributed by atoms with van der Waals surface area (Å²) in [5.41, 5.74) is 2.02. The lowest BCUT2D eigenvalue weighted by Gasteiger charge is -2.09. The standard InChI is InChI=1S/C22H27N7O3/c1-15-25-16-8-4-5-9-17(16)29(15)13-7-11-23-18(30)10-6-12-28-14-24-20-19(28)21(31)27(3)22(32)26(20)2/h4-5,8-9,14H,6-7,10-13H2,1-3H3,(H,23,30). The van der Waals surface area contributed by atoms with Gasteiger partial charge < -0.3 is 14.5 Å². The van der Waals surface area contributed by atoms with Gasteiger partial charge in [-0.2, -0.15) is 0 Å². The maximum atomic E-state index is 12.5. The van der Waals surface area contributed by atoms with Crippen LogP contribution in [0.5, 0.6) is 0 Å². The third-order valence-electron chi connectivity index (χ3n) is 5.75. The zero-order valence-corrected chi connectivity index (χ0v) is 18.5. The van der Waals surface area contributed by atoms with Gasteiger partial charge in [-0.05, 0) is 31.9 Å². The van der Waals surface area contributed by atoms with Crippen molar-refractivity contribution in [1.29, 1.82) is 0 Å². The van der Waals surface area contributed by atoms with Gasteiger partial charge in [0.1, 0.15) is 5.82 Å². The van der Waals surface area contributed by atoms with Crippen molar-refractivity contribution < 1.29 is 4.79 Å². The van der Waals surface area contributed by atoms with E-state index in [9.17, 15) is 14.4 Å². The highest BCUT2D eigenvalue weighted by Crippen LogP contribution is 2.15. The molecule has 4 aromatic rings. The molecule has 10 heteroatoms. The molecule has 0 radical (unpaired) electrons. The average molecular weight is 438 g/mol. The molecule has 1 amide bonds. The van der Waals surface area contributed by atoms with Crippen LogP contribution in [0.2, 0.25) is 0 Å². The molecule has 0 aliphatic carbocycles. The van der Waals surface area contributed by atoms with E-state index in [2.05, 4.69) is 25.9 Å². The molecule has 0 aliphatic rings. The smallest absolute Gasteiger partial charge is 0.332 e. The van der Waals surface area contributed by atoms with Crippen molar-refractivity contribution in [3.63, 3.8) is 0 Å². The lowest BCUT2D eigenvalue weighted by Crippen LogP contribution is -2.37. The molecule has 0 fully saturated rings. The second-order valence-corrected chi connectivity index (χ2v) is 7.92. The molecule has 3 aromatic heterocycles. The van der Waals surface area contributed by atoms with Crippen molar-refractivity contribution in [2.45, 2.75) is 39.3 Å². The first-order chi connectivity index (χ1) is 15.4. The van der Waals surface area contributed by atoms with Crippen molar-refractivity contribution in [3.05, 3.63) is 57.3 Å². The second-order valence-electron chi connectivity index (χ2n) is 7.92. The Morgan fingerprint density at radius 2 is 1.84 bits per heavy atom. The van der Waals surface area contributed by atoms with Crippen LogP contribution >= 0.6 is 0 Å². The summed E-state index contributed by atoms with van der Waals surface area (Å²) in [6.07, 6.45) is 3.26. The summed E-state index contributed by atoms with van der Waals surface area (Å²) in [5.74, 6) is 0.940. The minimum Gasteiger partial charge on any atom is -0.356 e. The quantitative estimate of drug-likeness (QED) is 0.415. The Bertz CT molecular complexity index is 1410. The summed E-state index contributed by atoms with van der Waals surface area (Å²) >= 11 is 0. The number of imidazole rings is 2. The second kappa shape index (κ2) is 8.81. The number of nitrogens with one attached hydrogen (secondary N) is 1. The van der Waals surface area contributed by atoms with Crippen molar-refractivity contribution in [2.75, 3.05) is 6.54 Å². The van der Waals surface area contributed by atoms with Gasteiger partial charge in [0.2, 0.25) is 5.91 Å².